The summed E-state index contributed by atoms with van der Waals surface area (Å²) in [5, 5.41) is 3.03. The van der Waals surface area contributed by atoms with Crippen molar-refractivity contribution in [2.45, 2.75) is 0 Å². The molecule has 0 bridgehead atoms. The summed E-state index contributed by atoms with van der Waals surface area (Å²) in [6.45, 7) is -0.215. The van der Waals surface area contributed by atoms with E-state index in [1.165, 1.54) is 6.07 Å². The van der Waals surface area contributed by atoms with Gasteiger partial charge in [-0.05, 0) is 30.3 Å². The normalized spacial score (nSPS) is 10.9. The molecule has 0 radical (unpaired) electrons. The second-order valence-electron chi connectivity index (χ2n) is 4.72. The lowest BCUT2D eigenvalue weighted by molar-refractivity contribution is -0.118. The fraction of sp³-hybridized carbons (Fsp3) is 0.133. The van der Waals surface area contributed by atoms with Gasteiger partial charge in [0.05, 0.1) is 17.0 Å². The molecule has 0 atom stereocenters. The Labute approximate surface area is 139 Å². The Morgan fingerprint density at radius 2 is 1.83 bits per heavy atom. The van der Waals surface area contributed by atoms with Crippen LogP contribution in [0.4, 0.5) is 11.4 Å². The monoisotopic (exact) mass is 354 g/mol. The van der Waals surface area contributed by atoms with Crippen LogP contribution in [0.3, 0.4) is 0 Å². The van der Waals surface area contributed by atoms with Crippen LogP contribution in [0.15, 0.2) is 48.5 Å². The van der Waals surface area contributed by atoms with Crippen LogP contribution in [0, 0.1) is 0 Å². The molecule has 2 rings (SSSR count). The summed E-state index contributed by atoms with van der Waals surface area (Å²) in [6.07, 6.45) is 1.05. The maximum Gasteiger partial charge on any atom is 0.262 e. The van der Waals surface area contributed by atoms with Gasteiger partial charge in [-0.3, -0.25) is 9.52 Å². The first-order valence-corrected chi connectivity index (χ1v) is 8.85. The highest BCUT2D eigenvalue weighted by Gasteiger charge is 2.07. The van der Waals surface area contributed by atoms with E-state index < -0.39 is 10.0 Å². The first kappa shape index (κ1) is 17.1. The summed E-state index contributed by atoms with van der Waals surface area (Å²) >= 11 is 5.93. The van der Waals surface area contributed by atoms with Gasteiger partial charge >= 0.3 is 0 Å². The molecule has 6 nitrogen and oxygen atoms in total. The van der Waals surface area contributed by atoms with Crippen LogP contribution in [0.1, 0.15) is 0 Å². The van der Waals surface area contributed by atoms with Crippen molar-refractivity contribution in [2.75, 3.05) is 22.9 Å². The highest BCUT2D eigenvalue weighted by atomic mass is 35.5. The molecule has 0 aliphatic heterocycles. The van der Waals surface area contributed by atoms with Crippen molar-refractivity contribution in [2.24, 2.45) is 0 Å². The van der Waals surface area contributed by atoms with Crippen molar-refractivity contribution in [1.82, 2.24) is 0 Å². The van der Waals surface area contributed by atoms with Gasteiger partial charge in [-0.2, -0.15) is 0 Å². The SMILES string of the molecule is CS(=O)(=O)Nc1cccc(NC(=O)COc2ccccc2Cl)c1. The fourth-order valence-electron chi connectivity index (χ4n) is 1.78. The molecular weight excluding hydrogens is 340 g/mol. The van der Waals surface area contributed by atoms with E-state index in [9.17, 15) is 13.2 Å². The molecule has 1 amide bonds. The van der Waals surface area contributed by atoms with Gasteiger partial charge in [0.2, 0.25) is 10.0 Å². The lowest BCUT2D eigenvalue weighted by Crippen LogP contribution is -2.20. The second-order valence-corrected chi connectivity index (χ2v) is 6.88. The Hall–Kier alpha value is -2.25. The topological polar surface area (TPSA) is 84.5 Å². The van der Waals surface area contributed by atoms with Gasteiger partial charge < -0.3 is 10.1 Å². The summed E-state index contributed by atoms with van der Waals surface area (Å²) in [7, 11) is -3.38. The van der Waals surface area contributed by atoms with E-state index in [2.05, 4.69) is 10.0 Å². The molecule has 0 fully saturated rings. The number of halogens is 1. The van der Waals surface area contributed by atoms with Crippen molar-refractivity contribution in [3.8, 4) is 5.75 Å². The van der Waals surface area contributed by atoms with Crippen LogP contribution in [0.2, 0.25) is 5.02 Å². The quantitative estimate of drug-likeness (QED) is 0.835. The molecule has 2 aromatic carbocycles. The van der Waals surface area contributed by atoms with Gasteiger partial charge in [0, 0.05) is 5.69 Å². The number of carbonyl (C=O) groups is 1. The first-order chi connectivity index (χ1) is 10.8. The Morgan fingerprint density at radius 3 is 2.52 bits per heavy atom. The van der Waals surface area contributed by atoms with Gasteiger partial charge in [0.1, 0.15) is 5.75 Å². The zero-order valence-electron chi connectivity index (χ0n) is 12.2. The summed E-state index contributed by atoms with van der Waals surface area (Å²) in [5.74, 6) is 0.0261. The highest BCUT2D eigenvalue weighted by molar-refractivity contribution is 7.92. The summed E-state index contributed by atoms with van der Waals surface area (Å²) in [5.41, 5.74) is 0.809. The van der Waals surface area contributed by atoms with Gasteiger partial charge in [0.25, 0.3) is 5.91 Å². The molecule has 0 spiro atoms. The average molecular weight is 355 g/mol. The molecule has 0 heterocycles. The minimum Gasteiger partial charge on any atom is -0.482 e. The zero-order chi connectivity index (χ0) is 16.9. The van der Waals surface area contributed by atoms with Crippen LogP contribution < -0.4 is 14.8 Å². The van der Waals surface area contributed by atoms with E-state index in [0.29, 0.717) is 22.1 Å². The number of hydrogen-bond acceptors (Lipinski definition) is 4. The molecule has 0 saturated carbocycles. The Morgan fingerprint density at radius 1 is 1.13 bits per heavy atom. The Balaban J connectivity index is 1.95. The minimum atomic E-state index is -3.38. The lowest BCUT2D eigenvalue weighted by Gasteiger charge is -2.10. The predicted molar refractivity (Wildman–Crippen MR) is 90.5 cm³/mol. The highest BCUT2D eigenvalue weighted by Crippen LogP contribution is 2.23. The van der Waals surface area contributed by atoms with E-state index in [0.717, 1.165) is 6.26 Å². The number of sulfonamides is 1. The molecule has 2 N–H and O–H groups in total. The van der Waals surface area contributed by atoms with Crippen molar-refractivity contribution in [1.29, 1.82) is 0 Å². The zero-order valence-corrected chi connectivity index (χ0v) is 13.8. The number of ether oxygens (including phenoxy) is 1. The van der Waals surface area contributed by atoms with Gasteiger partial charge in [-0.1, -0.05) is 29.8 Å². The van der Waals surface area contributed by atoms with Crippen molar-refractivity contribution >= 4 is 38.9 Å². The number of para-hydroxylation sites is 1. The number of amides is 1. The summed E-state index contributed by atoms with van der Waals surface area (Å²) in [6, 6.07) is 13.2. The molecule has 122 valence electrons. The second kappa shape index (κ2) is 7.34. The number of rotatable bonds is 6. The number of benzene rings is 2. The number of anilines is 2. The molecule has 8 heteroatoms. The molecule has 0 saturated heterocycles. The fourth-order valence-corrected chi connectivity index (χ4v) is 2.52. The van der Waals surface area contributed by atoms with E-state index in [1.54, 1.807) is 42.5 Å². The maximum atomic E-state index is 11.9. The van der Waals surface area contributed by atoms with Crippen molar-refractivity contribution in [3.63, 3.8) is 0 Å². The van der Waals surface area contributed by atoms with Crippen LogP contribution in [0.25, 0.3) is 0 Å². The maximum absolute atomic E-state index is 11.9. The number of nitrogens with one attached hydrogen (secondary N) is 2. The van der Waals surface area contributed by atoms with E-state index >= 15 is 0 Å². The average Bonchev–Trinajstić information content (AvgIpc) is 2.45. The molecule has 2 aromatic rings. The van der Waals surface area contributed by atoms with Crippen LogP contribution in [-0.4, -0.2) is 27.2 Å². The van der Waals surface area contributed by atoms with Crippen LogP contribution >= 0.6 is 11.6 Å². The van der Waals surface area contributed by atoms with E-state index in [4.69, 9.17) is 16.3 Å². The molecule has 0 aliphatic rings. The van der Waals surface area contributed by atoms with Gasteiger partial charge in [0.15, 0.2) is 6.61 Å². The van der Waals surface area contributed by atoms with Crippen LogP contribution in [0.5, 0.6) is 5.75 Å². The minimum absolute atomic E-state index is 0.215. The molecule has 0 aliphatic carbocycles. The van der Waals surface area contributed by atoms with Gasteiger partial charge in [-0.15, -0.1) is 0 Å². The third kappa shape index (κ3) is 5.80. The first-order valence-electron chi connectivity index (χ1n) is 6.58. The summed E-state index contributed by atoms with van der Waals surface area (Å²) < 4.78 is 30.0. The van der Waals surface area contributed by atoms with E-state index in [1.807, 2.05) is 0 Å². The lowest BCUT2D eigenvalue weighted by atomic mass is 10.3. The third-order valence-electron chi connectivity index (χ3n) is 2.64. The van der Waals surface area contributed by atoms with Crippen molar-refractivity contribution < 1.29 is 17.9 Å². The third-order valence-corrected chi connectivity index (χ3v) is 3.56. The largest absolute Gasteiger partial charge is 0.482 e. The number of carbonyl (C=O) groups excluding carboxylic acids is 1. The summed E-state index contributed by atoms with van der Waals surface area (Å²) in [4.78, 5) is 11.9. The molecular formula is C15H15ClN2O4S. The predicted octanol–water partition coefficient (Wildman–Crippen LogP) is 2.73. The smallest absolute Gasteiger partial charge is 0.262 e. The van der Waals surface area contributed by atoms with Gasteiger partial charge in [-0.25, -0.2) is 8.42 Å². The Bertz CT molecular complexity index is 809. The molecule has 0 aromatic heterocycles. The van der Waals surface area contributed by atoms with Crippen molar-refractivity contribution in [3.05, 3.63) is 53.6 Å². The van der Waals surface area contributed by atoms with E-state index in [-0.39, 0.29) is 12.5 Å². The standard InChI is InChI=1S/C15H15ClN2O4S/c1-23(20,21)18-12-6-4-5-11(9-12)17-15(19)10-22-14-8-3-2-7-13(14)16/h2-9,18H,10H2,1H3,(H,17,19). The Kier molecular flexibility index (Phi) is 5.46. The number of hydrogen-bond donors (Lipinski definition) is 2. The molecule has 23 heavy (non-hydrogen) atoms. The van der Waals surface area contributed by atoms with Crippen LogP contribution in [-0.2, 0) is 14.8 Å². The molecule has 0 unspecified atom stereocenters.